The highest BCUT2D eigenvalue weighted by molar-refractivity contribution is 5.84. The summed E-state index contributed by atoms with van der Waals surface area (Å²) in [5.74, 6) is -5.46. The Kier molecular flexibility index (Phi) is 6.88. The van der Waals surface area contributed by atoms with E-state index in [4.69, 9.17) is 20.4 Å². The van der Waals surface area contributed by atoms with Gasteiger partial charge in [0.05, 0.1) is 0 Å². The lowest BCUT2D eigenvalue weighted by molar-refractivity contribution is -0.132. The predicted molar refractivity (Wildman–Crippen MR) is 69.5 cm³/mol. The summed E-state index contributed by atoms with van der Waals surface area (Å²) >= 11 is 0. The van der Waals surface area contributed by atoms with Crippen molar-refractivity contribution in [1.29, 1.82) is 0 Å². The molecule has 0 heterocycles. The molecule has 0 rings (SSSR count). The molecular formula is C13H12O8. The van der Waals surface area contributed by atoms with E-state index in [1.807, 2.05) is 0 Å². The van der Waals surface area contributed by atoms with Crippen molar-refractivity contribution in [3.8, 4) is 0 Å². The van der Waals surface area contributed by atoms with Crippen LogP contribution in [0.15, 0.2) is 48.6 Å². The second kappa shape index (κ2) is 8.10. The van der Waals surface area contributed by atoms with Gasteiger partial charge in [-0.15, -0.1) is 0 Å². The Balaban J connectivity index is 5.90. The highest BCUT2D eigenvalue weighted by atomic mass is 16.4. The van der Waals surface area contributed by atoms with Crippen molar-refractivity contribution in [2.75, 3.05) is 0 Å². The molecule has 0 atom stereocenters. The first-order chi connectivity index (χ1) is 9.67. The molecule has 112 valence electrons. The van der Waals surface area contributed by atoms with Crippen LogP contribution in [0, 0.1) is 5.41 Å². The summed E-state index contributed by atoms with van der Waals surface area (Å²) < 4.78 is 0. The highest BCUT2D eigenvalue weighted by Gasteiger charge is 2.19. The smallest absolute Gasteiger partial charge is 0.328 e. The molecule has 0 bridgehead atoms. The topological polar surface area (TPSA) is 149 Å². The molecule has 8 heteroatoms. The Morgan fingerprint density at radius 1 is 0.524 bits per heavy atom. The summed E-state index contributed by atoms with van der Waals surface area (Å²) in [7, 11) is 0. The maximum absolute atomic E-state index is 10.6. The fraction of sp³-hybridized carbons (Fsp3) is 0.0769. The van der Waals surface area contributed by atoms with Crippen LogP contribution in [0.5, 0.6) is 0 Å². The lowest BCUT2D eigenvalue weighted by Gasteiger charge is -2.17. The van der Waals surface area contributed by atoms with Gasteiger partial charge in [0.25, 0.3) is 0 Å². The zero-order chi connectivity index (χ0) is 16.5. The SMILES string of the molecule is O=C(O)C=CC(C=CC(=O)O)(C=CC(=O)O)C=CC(=O)O. The summed E-state index contributed by atoms with van der Waals surface area (Å²) in [6, 6.07) is 0. The fourth-order valence-electron chi connectivity index (χ4n) is 1.20. The van der Waals surface area contributed by atoms with Gasteiger partial charge in [-0.25, -0.2) is 19.2 Å². The summed E-state index contributed by atoms with van der Waals surface area (Å²) in [6.07, 6.45) is 6.38. The molecule has 21 heavy (non-hydrogen) atoms. The molecule has 0 aromatic heterocycles. The van der Waals surface area contributed by atoms with Crippen LogP contribution in [0.25, 0.3) is 0 Å². The average Bonchev–Trinajstić information content (AvgIpc) is 2.36. The van der Waals surface area contributed by atoms with E-state index in [0.29, 0.717) is 24.3 Å². The van der Waals surface area contributed by atoms with Crippen LogP contribution in [-0.2, 0) is 19.2 Å². The second-order valence-electron chi connectivity index (χ2n) is 3.69. The zero-order valence-electron chi connectivity index (χ0n) is 10.5. The summed E-state index contributed by atoms with van der Waals surface area (Å²) in [4.78, 5) is 42.2. The van der Waals surface area contributed by atoms with Crippen molar-refractivity contribution in [1.82, 2.24) is 0 Å². The Morgan fingerprint density at radius 3 is 0.857 bits per heavy atom. The number of carboxylic acids is 4. The van der Waals surface area contributed by atoms with Crippen molar-refractivity contribution in [2.45, 2.75) is 0 Å². The normalized spacial score (nSPS) is 14.9. The van der Waals surface area contributed by atoms with Crippen LogP contribution in [0.4, 0.5) is 0 Å². The molecule has 0 aromatic carbocycles. The molecule has 4 N–H and O–H groups in total. The van der Waals surface area contributed by atoms with Gasteiger partial charge in [-0.05, 0) is 0 Å². The van der Waals surface area contributed by atoms with E-state index in [9.17, 15) is 19.2 Å². The third-order valence-electron chi connectivity index (χ3n) is 2.06. The van der Waals surface area contributed by atoms with Gasteiger partial charge in [0.15, 0.2) is 0 Å². The first-order valence-corrected chi connectivity index (χ1v) is 5.35. The second-order valence-corrected chi connectivity index (χ2v) is 3.69. The molecule has 0 aromatic rings. The first-order valence-electron chi connectivity index (χ1n) is 5.35. The van der Waals surface area contributed by atoms with E-state index >= 15 is 0 Å². The van der Waals surface area contributed by atoms with Gasteiger partial charge in [0, 0.05) is 29.7 Å². The van der Waals surface area contributed by atoms with E-state index < -0.39 is 29.3 Å². The van der Waals surface area contributed by atoms with Gasteiger partial charge in [0.1, 0.15) is 0 Å². The molecule has 0 aliphatic heterocycles. The molecule has 0 radical (unpaired) electrons. The van der Waals surface area contributed by atoms with Crippen molar-refractivity contribution < 1.29 is 39.6 Å². The fourth-order valence-corrected chi connectivity index (χ4v) is 1.20. The summed E-state index contributed by atoms with van der Waals surface area (Å²) in [5, 5.41) is 34.4. The van der Waals surface area contributed by atoms with E-state index in [2.05, 4.69) is 0 Å². The molecule has 0 saturated heterocycles. The standard InChI is InChI=1S/C13H12O8/c14-9(15)1-5-13(6-2-10(16)17,7-3-11(18)19)8-4-12(20)21/h1-8H,(H,14,15)(H,16,17)(H,18,19)(H,20,21). The number of hydrogen-bond donors (Lipinski definition) is 4. The maximum Gasteiger partial charge on any atom is 0.328 e. The minimum atomic E-state index is -1.62. The molecule has 0 saturated carbocycles. The molecule has 0 unspecified atom stereocenters. The number of aliphatic carboxylic acids is 4. The van der Waals surface area contributed by atoms with Crippen molar-refractivity contribution in [2.24, 2.45) is 5.41 Å². The van der Waals surface area contributed by atoms with Crippen molar-refractivity contribution in [3.63, 3.8) is 0 Å². The minimum absolute atomic E-state index is 0.643. The number of carbonyl (C=O) groups is 4. The Labute approximate surface area is 118 Å². The van der Waals surface area contributed by atoms with E-state index in [1.165, 1.54) is 0 Å². The van der Waals surface area contributed by atoms with E-state index in [-0.39, 0.29) is 0 Å². The number of carboxylic acid groups (broad SMARTS) is 4. The molecule has 0 amide bonds. The van der Waals surface area contributed by atoms with Gasteiger partial charge in [-0.3, -0.25) is 0 Å². The quantitative estimate of drug-likeness (QED) is 0.474. The van der Waals surface area contributed by atoms with Crippen LogP contribution in [0.2, 0.25) is 0 Å². The van der Waals surface area contributed by atoms with Crippen LogP contribution in [0.3, 0.4) is 0 Å². The monoisotopic (exact) mass is 296 g/mol. The molecule has 8 nitrogen and oxygen atoms in total. The molecule has 0 spiro atoms. The summed E-state index contributed by atoms with van der Waals surface area (Å²) in [6.45, 7) is 0. The number of rotatable bonds is 8. The van der Waals surface area contributed by atoms with Gasteiger partial charge in [-0.2, -0.15) is 0 Å². The van der Waals surface area contributed by atoms with Crippen molar-refractivity contribution in [3.05, 3.63) is 48.6 Å². The average molecular weight is 296 g/mol. The Bertz CT molecular complexity index is 449. The van der Waals surface area contributed by atoms with Gasteiger partial charge < -0.3 is 20.4 Å². The summed E-state index contributed by atoms with van der Waals surface area (Å²) in [5.41, 5.74) is -1.62. The lowest BCUT2D eigenvalue weighted by atomic mass is 9.85. The third-order valence-corrected chi connectivity index (χ3v) is 2.06. The maximum atomic E-state index is 10.6. The first kappa shape index (κ1) is 17.8. The minimum Gasteiger partial charge on any atom is -0.478 e. The van der Waals surface area contributed by atoms with Crippen LogP contribution < -0.4 is 0 Å². The Morgan fingerprint density at radius 2 is 0.714 bits per heavy atom. The molecule has 0 aliphatic carbocycles. The zero-order valence-corrected chi connectivity index (χ0v) is 10.5. The molecule has 0 fully saturated rings. The number of allylic oxidation sites excluding steroid dienone is 4. The van der Waals surface area contributed by atoms with Crippen LogP contribution in [-0.4, -0.2) is 44.3 Å². The van der Waals surface area contributed by atoms with Crippen LogP contribution in [0.1, 0.15) is 0 Å². The predicted octanol–water partition coefficient (Wildman–Crippen LogP) is 0.536. The largest absolute Gasteiger partial charge is 0.478 e. The van der Waals surface area contributed by atoms with Gasteiger partial charge >= 0.3 is 23.9 Å². The van der Waals surface area contributed by atoms with Gasteiger partial charge in [0.2, 0.25) is 0 Å². The van der Waals surface area contributed by atoms with Crippen molar-refractivity contribution >= 4 is 23.9 Å². The van der Waals surface area contributed by atoms with Gasteiger partial charge in [-0.1, -0.05) is 24.3 Å². The molecule has 0 aliphatic rings. The van der Waals surface area contributed by atoms with E-state index in [1.54, 1.807) is 0 Å². The Hall–Kier alpha value is -3.16. The number of hydrogen-bond acceptors (Lipinski definition) is 4. The van der Waals surface area contributed by atoms with E-state index in [0.717, 1.165) is 24.3 Å². The van der Waals surface area contributed by atoms with Crippen LogP contribution >= 0.6 is 0 Å². The highest BCUT2D eigenvalue weighted by Crippen LogP contribution is 2.26. The lowest BCUT2D eigenvalue weighted by Crippen LogP contribution is -2.12. The third kappa shape index (κ3) is 8.54. The molecular weight excluding hydrogens is 284 g/mol.